The Balaban J connectivity index is 2.34. The Hall–Kier alpha value is -1.90. The van der Waals surface area contributed by atoms with Crippen LogP contribution in [0.5, 0.6) is 0 Å². The van der Waals surface area contributed by atoms with Crippen molar-refractivity contribution < 1.29 is 13.6 Å². The molecule has 2 aromatic rings. The van der Waals surface area contributed by atoms with Crippen LogP contribution in [0.4, 0.5) is 4.39 Å². The van der Waals surface area contributed by atoms with Gasteiger partial charge in [-0.15, -0.1) is 0 Å². The molecule has 0 aliphatic rings. The number of rotatable bonds is 2. The van der Waals surface area contributed by atoms with Crippen molar-refractivity contribution >= 4 is 5.78 Å². The van der Waals surface area contributed by atoms with Gasteiger partial charge >= 0.3 is 0 Å². The van der Waals surface area contributed by atoms with Gasteiger partial charge in [0.25, 0.3) is 6.01 Å². The molecule has 0 aliphatic heterocycles. The quantitative estimate of drug-likeness (QED) is 0.681. The van der Waals surface area contributed by atoms with Gasteiger partial charge in [-0.3, -0.25) is 4.79 Å². The molecule has 1 heterocycles. The van der Waals surface area contributed by atoms with Crippen LogP contribution in [0.3, 0.4) is 0 Å². The molecular weight excluding hydrogens is 183 g/mol. The van der Waals surface area contributed by atoms with Crippen molar-refractivity contribution in [2.75, 3.05) is 0 Å². The third-order valence-corrected chi connectivity index (χ3v) is 1.83. The molecule has 2 rings (SSSR count). The summed E-state index contributed by atoms with van der Waals surface area (Å²) in [5.74, 6) is -0.289. The highest BCUT2D eigenvalue weighted by Crippen LogP contribution is 2.11. The Kier molecular flexibility index (Phi) is 2.14. The van der Waals surface area contributed by atoms with Gasteiger partial charge in [0.1, 0.15) is 0 Å². The number of halogens is 1. The zero-order chi connectivity index (χ0) is 9.97. The topological polar surface area (TPSA) is 30.2 Å². The van der Waals surface area contributed by atoms with Crippen molar-refractivity contribution in [2.45, 2.75) is 0 Å². The van der Waals surface area contributed by atoms with Gasteiger partial charge in [-0.05, 0) is 6.07 Å². The third-order valence-electron chi connectivity index (χ3n) is 1.83. The van der Waals surface area contributed by atoms with Gasteiger partial charge in [-0.1, -0.05) is 30.3 Å². The monoisotopic (exact) mass is 190 g/mol. The Morgan fingerprint density at radius 2 is 1.79 bits per heavy atom. The van der Waals surface area contributed by atoms with Crippen molar-refractivity contribution in [3.05, 3.63) is 59.8 Å². The number of carbonyl (C=O) groups excluding carboxylic acids is 1. The largest absolute Gasteiger partial charge is 0.427 e. The summed E-state index contributed by atoms with van der Waals surface area (Å²) < 4.78 is 17.1. The molecule has 0 saturated heterocycles. The first kappa shape index (κ1) is 8.69. The molecule has 3 heteroatoms. The van der Waals surface area contributed by atoms with Crippen LogP contribution in [-0.2, 0) is 0 Å². The first-order chi connectivity index (χ1) is 6.77. The van der Waals surface area contributed by atoms with Gasteiger partial charge in [-0.2, -0.15) is 4.39 Å². The predicted molar refractivity (Wildman–Crippen MR) is 48.5 cm³/mol. The standard InChI is InChI=1S/C11H7FO2/c12-10-7-6-9(14-10)11(13)8-4-2-1-3-5-8/h1-7H. The van der Waals surface area contributed by atoms with Crippen LogP contribution >= 0.6 is 0 Å². The Morgan fingerprint density at radius 1 is 1.07 bits per heavy atom. The lowest BCUT2D eigenvalue weighted by molar-refractivity contribution is 0.100. The predicted octanol–water partition coefficient (Wildman–Crippen LogP) is 2.65. The van der Waals surface area contributed by atoms with Crippen LogP contribution < -0.4 is 0 Å². The van der Waals surface area contributed by atoms with Crippen LogP contribution in [0.2, 0.25) is 0 Å². The number of benzene rings is 1. The van der Waals surface area contributed by atoms with Gasteiger partial charge in [0, 0.05) is 11.6 Å². The van der Waals surface area contributed by atoms with Crippen molar-refractivity contribution in [3.8, 4) is 0 Å². The summed E-state index contributed by atoms with van der Waals surface area (Å²) in [6.45, 7) is 0. The molecular formula is C11H7FO2. The van der Waals surface area contributed by atoms with Crippen LogP contribution in [-0.4, -0.2) is 5.78 Å². The van der Waals surface area contributed by atoms with E-state index in [1.54, 1.807) is 30.3 Å². The SMILES string of the molecule is O=C(c1ccccc1)c1ccc(F)o1. The molecule has 14 heavy (non-hydrogen) atoms. The minimum absolute atomic E-state index is 0.0219. The lowest BCUT2D eigenvalue weighted by Crippen LogP contribution is -1.98. The van der Waals surface area contributed by atoms with E-state index in [2.05, 4.69) is 4.42 Å². The molecule has 1 aromatic carbocycles. The maximum Gasteiger partial charge on any atom is 0.278 e. The first-order valence-corrected chi connectivity index (χ1v) is 4.12. The van der Waals surface area contributed by atoms with E-state index in [9.17, 15) is 9.18 Å². The smallest absolute Gasteiger partial charge is 0.278 e. The van der Waals surface area contributed by atoms with E-state index in [4.69, 9.17) is 0 Å². The van der Waals surface area contributed by atoms with Gasteiger partial charge in [0.15, 0.2) is 5.76 Å². The Labute approximate surface area is 80.0 Å². The number of furan rings is 1. The summed E-state index contributed by atoms with van der Waals surface area (Å²) in [5, 5.41) is 0. The molecule has 0 unspecified atom stereocenters. The fourth-order valence-electron chi connectivity index (χ4n) is 1.17. The average molecular weight is 190 g/mol. The number of hydrogen-bond acceptors (Lipinski definition) is 2. The molecule has 0 saturated carbocycles. The van der Waals surface area contributed by atoms with Gasteiger partial charge < -0.3 is 4.42 Å². The van der Waals surface area contributed by atoms with E-state index in [1.165, 1.54) is 6.07 Å². The summed E-state index contributed by atoms with van der Waals surface area (Å²) in [5.41, 5.74) is 0.488. The van der Waals surface area contributed by atoms with E-state index in [0.29, 0.717) is 5.56 Å². The minimum Gasteiger partial charge on any atom is -0.427 e. The molecule has 0 atom stereocenters. The highest BCUT2D eigenvalue weighted by Gasteiger charge is 2.12. The normalized spacial score (nSPS) is 10.1. The van der Waals surface area contributed by atoms with E-state index >= 15 is 0 Å². The van der Waals surface area contributed by atoms with Crippen LogP contribution in [0.1, 0.15) is 16.1 Å². The van der Waals surface area contributed by atoms with Crippen molar-refractivity contribution in [3.63, 3.8) is 0 Å². The summed E-state index contributed by atoms with van der Waals surface area (Å²) >= 11 is 0. The van der Waals surface area contributed by atoms with E-state index in [0.717, 1.165) is 6.07 Å². The van der Waals surface area contributed by atoms with Crippen molar-refractivity contribution in [1.82, 2.24) is 0 Å². The van der Waals surface area contributed by atoms with Crippen LogP contribution in [0.15, 0.2) is 46.9 Å². The van der Waals surface area contributed by atoms with E-state index in [-0.39, 0.29) is 11.5 Å². The molecule has 0 fully saturated rings. The van der Waals surface area contributed by atoms with Crippen molar-refractivity contribution in [2.24, 2.45) is 0 Å². The minimum atomic E-state index is -0.746. The summed E-state index contributed by atoms with van der Waals surface area (Å²) in [6, 6.07) is 10.3. The Morgan fingerprint density at radius 3 is 2.36 bits per heavy atom. The fraction of sp³-hybridized carbons (Fsp3) is 0. The molecule has 0 amide bonds. The third kappa shape index (κ3) is 1.57. The van der Waals surface area contributed by atoms with Gasteiger partial charge in [0.05, 0.1) is 0 Å². The fourth-order valence-corrected chi connectivity index (χ4v) is 1.17. The zero-order valence-electron chi connectivity index (χ0n) is 7.24. The molecule has 1 aromatic heterocycles. The second-order valence-corrected chi connectivity index (χ2v) is 2.80. The van der Waals surface area contributed by atoms with Crippen LogP contribution in [0.25, 0.3) is 0 Å². The molecule has 2 nitrogen and oxygen atoms in total. The second-order valence-electron chi connectivity index (χ2n) is 2.80. The maximum absolute atomic E-state index is 12.5. The summed E-state index contributed by atoms with van der Waals surface area (Å²) in [7, 11) is 0. The van der Waals surface area contributed by atoms with Crippen molar-refractivity contribution in [1.29, 1.82) is 0 Å². The van der Waals surface area contributed by atoms with Gasteiger partial charge in [-0.25, -0.2) is 0 Å². The Bertz CT molecular complexity index is 445. The van der Waals surface area contributed by atoms with E-state index in [1.807, 2.05) is 0 Å². The average Bonchev–Trinajstić information content (AvgIpc) is 2.65. The summed E-state index contributed by atoms with van der Waals surface area (Å²) in [4.78, 5) is 11.6. The lowest BCUT2D eigenvalue weighted by Gasteiger charge is -1.95. The molecule has 0 aliphatic carbocycles. The lowest BCUT2D eigenvalue weighted by atomic mass is 10.1. The number of hydrogen-bond donors (Lipinski definition) is 0. The van der Waals surface area contributed by atoms with E-state index < -0.39 is 6.01 Å². The second kappa shape index (κ2) is 3.46. The highest BCUT2D eigenvalue weighted by molar-refractivity contribution is 6.07. The zero-order valence-corrected chi connectivity index (χ0v) is 7.24. The molecule has 0 N–H and O–H groups in total. The maximum atomic E-state index is 12.5. The molecule has 0 radical (unpaired) electrons. The summed E-state index contributed by atoms with van der Waals surface area (Å²) in [6.07, 6.45) is 0. The highest BCUT2D eigenvalue weighted by atomic mass is 19.1. The number of ketones is 1. The molecule has 0 spiro atoms. The van der Waals surface area contributed by atoms with Gasteiger partial charge in [0.2, 0.25) is 5.78 Å². The number of carbonyl (C=O) groups is 1. The molecule has 70 valence electrons. The van der Waals surface area contributed by atoms with Crippen LogP contribution in [0, 0.1) is 6.01 Å². The molecule has 0 bridgehead atoms. The first-order valence-electron chi connectivity index (χ1n) is 4.12.